The van der Waals surface area contributed by atoms with E-state index in [1.807, 2.05) is 0 Å². The van der Waals surface area contributed by atoms with E-state index in [1.165, 1.54) is 20.4 Å². The lowest BCUT2D eigenvalue weighted by molar-refractivity contribution is 0.0961. The second kappa shape index (κ2) is 10.8. The van der Waals surface area contributed by atoms with Gasteiger partial charge in [0.25, 0.3) is 5.91 Å². The van der Waals surface area contributed by atoms with E-state index in [4.69, 9.17) is 14.2 Å². The molecule has 0 aliphatic heterocycles. The molecule has 0 aliphatic carbocycles. The van der Waals surface area contributed by atoms with Crippen LogP contribution in [0.15, 0.2) is 36.5 Å². The van der Waals surface area contributed by atoms with Crippen molar-refractivity contribution < 1.29 is 23.8 Å². The van der Waals surface area contributed by atoms with Crippen LogP contribution in [0.1, 0.15) is 36.5 Å². The van der Waals surface area contributed by atoms with Gasteiger partial charge in [-0.2, -0.15) is 0 Å². The molecule has 150 valence electrons. The Morgan fingerprint density at radius 3 is 2.32 bits per heavy atom. The molecule has 0 saturated heterocycles. The van der Waals surface area contributed by atoms with Gasteiger partial charge in [-0.25, -0.2) is 9.78 Å². The topological polar surface area (TPSA) is 98.8 Å². The molecule has 1 heterocycles. The number of anilines is 1. The lowest BCUT2D eigenvalue weighted by atomic mass is 10.1. The van der Waals surface area contributed by atoms with E-state index < -0.39 is 11.9 Å². The molecule has 0 fully saturated rings. The summed E-state index contributed by atoms with van der Waals surface area (Å²) in [6.07, 6.45) is 4.65. The number of carbonyl (C=O) groups excluding carboxylic acids is 2. The van der Waals surface area contributed by atoms with Crippen molar-refractivity contribution >= 4 is 17.6 Å². The van der Waals surface area contributed by atoms with E-state index in [-0.39, 0.29) is 5.56 Å². The minimum atomic E-state index is -0.698. The molecule has 8 heteroatoms. The van der Waals surface area contributed by atoms with Gasteiger partial charge in [0.05, 0.1) is 32.7 Å². The number of hydrogen-bond acceptors (Lipinski definition) is 6. The molecule has 8 nitrogen and oxygen atoms in total. The molecule has 0 spiro atoms. The number of carbonyl (C=O) groups is 2. The van der Waals surface area contributed by atoms with Gasteiger partial charge < -0.3 is 19.5 Å². The quantitative estimate of drug-likeness (QED) is 0.638. The summed E-state index contributed by atoms with van der Waals surface area (Å²) in [4.78, 5) is 28.7. The van der Waals surface area contributed by atoms with E-state index in [0.29, 0.717) is 29.7 Å². The number of aromatic nitrogens is 1. The Morgan fingerprint density at radius 1 is 1.04 bits per heavy atom. The van der Waals surface area contributed by atoms with Gasteiger partial charge in [0.15, 0.2) is 0 Å². The molecule has 0 radical (unpaired) electrons. The zero-order valence-electron chi connectivity index (χ0n) is 16.3. The van der Waals surface area contributed by atoms with Crippen molar-refractivity contribution in [1.29, 1.82) is 0 Å². The fourth-order valence-electron chi connectivity index (χ4n) is 2.47. The predicted octanol–water partition coefficient (Wildman–Crippen LogP) is 3.63. The minimum absolute atomic E-state index is 0.136. The molecule has 1 aromatic heterocycles. The highest BCUT2D eigenvalue weighted by Gasteiger charge is 2.20. The number of hydrogen-bond donors (Lipinski definition) is 2. The fraction of sp³-hybridized carbons (Fsp3) is 0.350. The number of urea groups is 1. The summed E-state index contributed by atoms with van der Waals surface area (Å²) in [5.74, 6) is 0.444. The third kappa shape index (κ3) is 5.87. The SMILES string of the molecule is CCCCCOc1ccc(NC(=O)NC(=O)c2c(OC)cccc2OC)cn1. The zero-order chi connectivity index (χ0) is 20.4. The van der Waals surface area contributed by atoms with Crippen LogP contribution < -0.4 is 24.8 Å². The van der Waals surface area contributed by atoms with Gasteiger partial charge in [0.1, 0.15) is 17.1 Å². The first-order chi connectivity index (χ1) is 13.6. The number of rotatable bonds is 9. The number of imide groups is 1. The Morgan fingerprint density at radius 2 is 1.75 bits per heavy atom. The highest BCUT2D eigenvalue weighted by Crippen LogP contribution is 2.27. The molecular weight excluding hydrogens is 362 g/mol. The van der Waals surface area contributed by atoms with Crippen molar-refractivity contribution in [1.82, 2.24) is 10.3 Å². The Balaban J connectivity index is 1.94. The second-order valence-electron chi connectivity index (χ2n) is 5.89. The molecule has 28 heavy (non-hydrogen) atoms. The summed E-state index contributed by atoms with van der Waals surface area (Å²) in [5, 5.41) is 4.80. The van der Waals surface area contributed by atoms with Crippen LogP contribution >= 0.6 is 0 Å². The van der Waals surface area contributed by atoms with Crippen molar-refractivity contribution in [3.05, 3.63) is 42.1 Å². The normalized spacial score (nSPS) is 10.1. The van der Waals surface area contributed by atoms with Crippen molar-refractivity contribution in [2.24, 2.45) is 0 Å². The average molecular weight is 387 g/mol. The summed E-state index contributed by atoms with van der Waals surface area (Å²) < 4.78 is 15.9. The van der Waals surface area contributed by atoms with Crippen LogP contribution in [0.25, 0.3) is 0 Å². The van der Waals surface area contributed by atoms with E-state index >= 15 is 0 Å². The molecule has 0 bridgehead atoms. The van der Waals surface area contributed by atoms with Gasteiger partial charge in [-0.3, -0.25) is 10.1 Å². The molecule has 1 aromatic carbocycles. The van der Waals surface area contributed by atoms with Gasteiger partial charge >= 0.3 is 6.03 Å². The van der Waals surface area contributed by atoms with Gasteiger partial charge in [-0.05, 0) is 24.6 Å². The number of methoxy groups -OCH3 is 2. The number of ether oxygens (including phenoxy) is 3. The van der Waals surface area contributed by atoms with Crippen LogP contribution in [0.4, 0.5) is 10.5 Å². The van der Waals surface area contributed by atoms with Gasteiger partial charge in [0, 0.05) is 6.07 Å². The zero-order valence-corrected chi connectivity index (χ0v) is 16.3. The number of amides is 3. The van der Waals surface area contributed by atoms with Gasteiger partial charge in [0.2, 0.25) is 5.88 Å². The van der Waals surface area contributed by atoms with Gasteiger partial charge in [-0.1, -0.05) is 25.8 Å². The van der Waals surface area contributed by atoms with Crippen molar-refractivity contribution in [2.45, 2.75) is 26.2 Å². The molecule has 0 unspecified atom stereocenters. The number of nitrogens with zero attached hydrogens (tertiary/aromatic N) is 1. The summed E-state index contributed by atoms with van der Waals surface area (Å²) >= 11 is 0. The maximum Gasteiger partial charge on any atom is 0.326 e. The van der Waals surface area contributed by atoms with Gasteiger partial charge in [-0.15, -0.1) is 0 Å². The van der Waals surface area contributed by atoms with Crippen LogP contribution in [-0.4, -0.2) is 37.7 Å². The Kier molecular flexibility index (Phi) is 8.08. The molecule has 3 amide bonds. The Labute approximate surface area is 164 Å². The number of pyridine rings is 1. The second-order valence-corrected chi connectivity index (χ2v) is 5.89. The summed E-state index contributed by atoms with van der Waals surface area (Å²) in [5.41, 5.74) is 0.565. The predicted molar refractivity (Wildman–Crippen MR) is 105 cm³/mol. The molecule has 2 N–H and O–H groups in total. The maximum atomic E-state index is 12.5. The van der Waals surface area contributed by atoms with Crippen molar-refractivity contribution in [3.63, 3.8) is 0 Å². The van der Waals surface area contributed by atoms with E-state index in [0.717, 1.165) is 19.3 Å². The summed E-state index contributed by atoms with van der Waals surface area (Å²) in [6, 6.07) is 7.52. The average Bonchev–Trinajstić information content (AvgIpc) is 2.71. The van der Waals surface area contributed by atoms with E-state index in [1.54, 1.807) is 30.3 Å². The van der Waals surface area contributed by atoms with Crippen LogP contribution in [-0.2, 0) is 0 Å². The lowest BCUT2D eigenvalue weighted by Crippen LogP contribution is -2.34. The molecule has 0 aliphatic rings. The summed E-state index contributed by atoms with van der Waals surface area (Å²) in [6.45, 7) is 2.72. The minimum Gasteiger partial charge on any atom is -0.496 e. The standard InChI is InChI=1S/C20H25N3O5/c1-4-5-6-12-28-17-11-10-14(13-21-17)22-20(25)23-19(24)18-15(26-2)8-7-9-16(18)27-3/h7-11,13H,4-6,12H2,1-3H3,(H2,22,23,24,25). The largest absolute Gasteiger partial charge is 0.496 e. The van der Waals surface area contributed by atoms with Crippen LogP contribution in [0.2, 0.25) is 0 Å². The van der Waals surface area contributed by atoms with Crippen LogP contribution in [0.5, 0.6) is 17.4 Å². The maximum absolute atomic E-state index is 12.5. The Hall–Kier alpha value is -3.29. The highest BCUT2D eigenvalue weighted by molar-refractivity contribution is 6.10. The summed E-state index contributed by atoms with van der Waals surface area (Å²) in [7, 11) is 2.87. The monoisotopic (exact) mass is 387 g/mol. The van der Waals surface area contributed by atoms with Crippen LogP contribution in [0, 0.1) is 0 Å². The number of unbranched alkanes of at least 4 members (excludes halogenated alkanes) is 2. The molecule has 0 atom stereocenters. The third-order valence-corrected chi connectivity index (χ3v) is 3.87. The highest BCUT2D eigenvalue weighted by atomic mass is 16.5. The smallest absolute Gasteiger partial charge is 0.326 e. The first kappa shape index (κ1) is 21.0. The molecule has 0 saturated carbocycles. The first-order valence-electron chi connectivity index (χ1n) is 9.01. The number of benzene rings is 1. The third-order valence-electron chi connectivity index (χ3n) is 3.87. The molecule has 2 rings (SSSR count). The van der Waals surface area contributed by atoms with Crippen molar-refractivity contribution in [2.75, 3.05) is 26.1 Å². The Bertz CT molecular complexity index is 771. The van der Waals surface area contributed by atoms with E-state index in [2.05, 4.69) is 22.5 Å². The number of nitrogens with one attached hydrogen (secondary N) is 2. The molecule has 2 aromatic rings. The van der Waals surface area contributed by atoms with Crippen LogP contribution in [0.3, 0.4) is 0 Å². The molecular formula is C20H25N3O5. The lowest BCUT2D eigenvalue weighted by Gasteiger charge is -2.13. The first-order valence-corrected chi connectivity index (χ1v) is 9.01. The fourth-order valence-corrected chi connectivity index (χ4v) is 2.47. The van der Waals surface area contributed by atoms with Crippen molar-refractivity contribution in [3.8, 4) is 17.4 Å². The van der Waals surface area contributed by atoms with E-state index in [9.17, 15) is 9.59 Å².